The average molecular weight is 1070 g/mol. The number of rotatable bonds is 29. The number of nitrogens with one attached hydrogen (secondary N) is 5. The van der Waals surface area contributed by atoms with Gasteiger partial charge in [0, 0.05) is 80.3 Å². The zero-order chi connectivity index (χ0) is 56.9. The van der Waals surface area contributed by atoms with Crippen LogP contribution in [-0.2, 0) is 60.4 Å². The van der Waals surface area contributed by atoms with Crippen molar-refractivity contribution < 1.29 is 67.7 Å². The fourth-order valence-corrected chi connectivity index (χ4v) is 9.91. The summed E-state index contributed by atoms with van der Waals surface area (Å²) in [4.78, 5) is 130. The van der Waals surface area contributed by atoms with E-state index in [0.717, 1.165) is 27.7 Å². The molecule has 1 aromatic carbocycles. The van der Waals surface area contributed by atoms with E-state index in [0.29, 0.717) is 11.8 Å². The molecule has 2 unspecified atom stereocenters. The molecule has 7 atom stereocenters. The van der Waals surface area contributed by atoms with Crippen LogP contribution in [0.2, 0.25) is 0 Å². The van der Waals surface area contributed by atoms with E-state index < -0.39 is 130 Å². The number of carbonyl (C=O) groups is 10. The summed E-state index contributed by atoms with van der Waals surface area (Å²) in [5.41, 5.74) is 5.33. The molecule has 0 radical (unpaired) electrons. The van der Waals surface area contributed by atoms with Gasteiger partial charge in [-0.15, -0.1) is 11.8 Å². The second-order valence-corrected chi connectivity index (χ2v) is 22.1. The highest BCUT2D eigenvalue weighted by molar-refractivity contribution is 8.00. The van der Waals surface area contributed by atoms with Crippen molar-refractivity contribution in [2.75, 3.05) is 32.9 Å². The Bertz CT molecular complexity index is 2490. The van der Waals surface area contributed by atoms with E-state index in [4.69, 9.17) is 10.8 Å². The number of imide groups is 1. The lowest BCUT2D eigenvalue weighted by atomic mass is 9.76. The monoisotopic (exact) mass is 1070 g/mol. The van der Waals surface area contributed by atoms with Crippen molar-refractivity contribution in [2.45, 2.75) is 147 Å². The van der Waals surface area contributed by atoms with Crippen LogP contribution < -0.4 is 32.3 Å². The van der Waals surface area contributed by atoms with Crippen molar-refractivity contribution in [1.82, 2.24) is 41.0 Å². The molecule has 1 aromatic heterocycles. The maximum absolute atomic E-state index is 14.5. The molecule has 0 spiro atoms. The summed E-state index contributed by atoms with van der Waals surface area (Å²) >= 11 is 0.961. The van der Waals surface area contributed by atoms with Gasteiger partial charge in [-0.25, -0.2) is 14.0 Å². The lowest BCUT2D eigenvalue weighted by molar-refractivity contribution is -0.143. The van der Waals surface area contributed by atoms with Crippen LogP contribution >= 0.6 is 11.8 Å². The van der Waals surface area contributed by atoms with Crippen LogP contribution in [0.1, 0.15) is 106 Å². The summed E-state index contributed by atoms with van der Waals surface area (Å²) in [6.45, 7) is 14.2. The Morgan fingerprint density at radius 1 is 0.893 bits per heavy atom. The molecule has 3 rings (SSSR count). The molecule has 0 saturated carbocycles. The molecule has 2 aromatic rings. The van der Waals surface area contributed by atoms with Gasteiger partial charge < -0.3 is 57.1 Å². The summed E-state index contributed by atoms with van der Waals surface area (Å²) in [5, 5.41) is 42.0. The number of likely N-dealkylation sites (N-methyl/N-ethyl adjacent to an activating group) is 2. The van der Waals surface area contributed by atoms with Crippen molar-refractivity contribution in [3.63, 3.8) is 0 Å². The van der Waals surface area contributed by atoms with Gasteiger partial charge in [-0.2, -0.15) is 0 Å². The van der Waals surface area contributed by atoms with Crippen molar-refractivity contribution in [1.29, 1.82) is 0 Å². The number of aryl methyl sites for hydroxylation is 1. The third kappa shape index (κ3) is 17.3. The third-order valence-corrected chi connectivity index (χ3v) is 14.6. The number of nitrogens with two attached hydrogens (primary N) is 1. The summed E-state index contributed by atoms with van der Waals surface area (Å²) < 4.78 is 16.3. The van der Waals surface area contributed by atoms with Gasteiger partial charge in [0.25, 0.3) is 0 Å². The fraction of sp³-hybridized carbons (Fsp3) is 0.608. The standard InChI is InChI=1S/C51H76FN9O13S/c1-27(2)36(60(11)46(68)42(50(4,5)6)58-44(66)41(54-9)51(7,8)31-25-59(10)35-17-15-29(52)23-30(31)35)22-28(3)43(65)57-34(49(73)74)16-18-39(63)56-33(48(71)72)14-12-13-20-55-38(62)19-21-61-40(64)24-37(45(61)67)75-26-32(53)47(69)70/h15,17,22-23,25,27,32-34,36-37,41-42,54H,12-14,16,18-21,24,26,53H2,1-11H3,(H,55,62)(H,56,63)(H,57,65)(H,58,66)(H,69,70)(H,71,72)(H,73,74)/b28-22+/t32-,33-,34+,36+,37?,41+,42?/m0/s1. The minimum atomic E-state index is -1.56. The Morgan fingerprint density at radius 3 is 2.09 bits per heavy atom. The molecule has 1 fully saturated rings. The van der Waals surface area contributed by atoms with Gasteiger partial charge >= 0.3 is 17.9 Å². The van der Waals surface area contributed by atoms with E-state index in [-0.39, 0.29) is 56.0 Å². The van der Waals surface area contributed by atoms with Crippen LogP contribution in [0.25, 0.3) is 10.9 Å². The molecule has 1 saturated heterocycles. The molecule has 0 aliphatic carbocycles. The maximum Gasteiger partial charge on any atom is 0.326 e. The summed E-state index contributed by atoms with van der Waals surface area (Å²) in [5.74, 6) is -8.81. The predicted molar refractivity (Wildman–Crippen MR) is 278 cm³/mol. The molecule has 1 aliphatic heterocycles. The molecule has 416 valence electrons. The number of amides is 7. The number of carboxylic acid groups (broad SMARTS) is 3. The highest BCUT2D eigenvalue weighted by Crippen LogP contribution is 2.35. The number of thioether (sulfide) groups is 1. The molecule has 24 heteroatoms. The smallest absolute Gasteiger partial charge is 0.326 e. The van der Waals surface area contributed by atoms with Crippen LogP contribution in [0, 0.1) is 17.2 Å². The van der Waals surface area contributed by atoms with Crippen LogP contribution in [0.3, 0.4) is 0 Å². The number of aromatic nitrogens is 1. The number of halogens is 1. The first-order valence-corrected chi connectivity index (χ1v) is 25.8. The number of hydrogen-bond donors (Lipinski definition) is 9. The largest absolute Gasteiger partial charge is 0.480 e. The van der Waals surface area contributed by atoms with Gasteiger partial charge in [0.05, 0.1) is 17.3 Å². The van der Waals surface area contributed by atoms with Crippen molar-refractivity contribution >= 4 is 81.9 Å². The van der Waals surface area contributed by atoms with Crippen LogP contribution in [0.5, 0.6) is 0 Å². The lowest BCUT2D eigenvalue weighted by Gasteiger charge is -2.39. The van der Waals surface area contributed by atoms with E-state index in [2.05, 4.69) is 26.6 Å². The summed E-state index contributed by atoms with van der Waals surface area (Å²) in [7, 11) is 5.01. The normalized spacial score (nSPS) is 16.7. The van der Waals surface area contributed by atoms with E-state index >= 15 is 0 Å². The molecule has 1 aliphatic rings. The molecule has 0 bridgehead atoms. The molecule has 2 heterocycles. The Hall–Kier alpha value is -6.40. The van der Waals surface area contributed by atoms with E-state index in [1.165, 1.54) is 30.0 Å². The quantitative estimate of drug-likeness (QED) is 0.0320. The highest BCUT2D eigenvalue weighted by atomic mass is 32.2. The Balaban J connectivity index is 1.56. The molecule has 22 nitrogen and oxygen atoms in total. The Labute approximate surface area is 440 Å². The van der Waals surface area contributed by atoms with Gasteiger partial charge in [0.2, 0.25) is 41.4 Å². The summed E-state index contributed by atoms with van der Waals surface area (Å²) in [6.07, 6.45) is 2.69. The van der Waals surface area contributed by atoms with Gasteiger partial charge in [0.15, 0.2) is 0 Å². The second kappa shape index (κ2) is 27.4. The van der Waals surface area contributed by atoms with Crippen LogP contribution in [0.4, 0.5) is 4.39 Å². The number of hydrogen-bond acceptors (Lipinski definition) is 13. The number of benzene rings is 1. The van der Waals surface area contributed by atoms with Crippen molar-refractivity contribution in [3.05, 3.63) is 47.4 Å². The average Bonchev–Trinajstić information content (AvgIpc) is 3.80. The van der Waals surface area contributed by atoms with Gasteiger partial charge in [-0.3, -0.25) is 43.3 Å². The first-order valence-electron chi connectivity index (χ1n) is 24.8. The molecular weight excluding hydrogens is 998 g/mol. The van der Waals surface area contributed by atoms with Crippen LogP contribution in [0.15, 0.2) is 36.0 Å². The van der Waals surface area contributed by atoms with E-state index in [1.54, 1.807) is 40.9 Å². The Kier molecular flexibility index (Phi) is 23.0. The third-order valence-electron chi connectivity index (χ3n) is 13.3. The molecule has 7 amide bonds. The SMILES string of the molecule is CN[C@H](C(=O)NC(C(=O)N(C)[C@H](/C=C(\C)C(=O)N[C@H](CCC(=O)N[C@@H](CCCCNC(=O)CCN1C(=O)CC(SC[C@H](N)C(=O)O)C1=O)C(=O)O)C(=O)O)C(C)C)C(C)(C)C)C(C)(C)c1cn(C)c2ccc(F)cc12. The lowest BCUT2D eigenvalue weighted by Crippen LogP contribution is -2.61. The Morgan fingerprint density at radius 2 is 1.52 bits per heavy atom. The maximum atomic E-state index is 14.5. The van der Waals surface area contributed by atoms with E-state index in [1.807, 2.05) is 45.5 Å². The minimum Gasteiger partial charge on any atom is -0.480 e. The highest BCUT2D eigenvalue weighted by Gasteiger charge is 2.43. The topological polar surface area (TPSA) is 329 Å². The van der Waals surface area contributed by atoms with Gasteiger partial charge in [-0.05, 0) is 74.8 Å². The number of aliphatic carboxylic acids is 3. The number of fused-ring (bicyclic) bond motifs is 1. The first kappa shape index (κ1) is 62.9. The van der Waals surface area contributed by atoms with Gasteiger partial charge in [-0.1, -0.05) is 54.5 Å². The molecule has 10 N–H and O–H groups in total. The number of likely N-dealkylation sites (tertiary alicyclic amines) is 1. The van der Waals surface area contributed by atoms with Crippen molar-refractivity contribution in [2.24, 2.45) is 24.1 Å². The molecular formula is C51H76FN9O13S. The summed E-state index contributed by atoms with van der Waals surface area (Å²) in [6, 6.07) is -2.30. The minimum absolute atomic E-state index is 0.0396. The molecule has 75 heavy (non-hydrogen) atoms. The number of nitrogens with zero attached hydrogens (tertiary/aromatic N) is 3. The second-order valence-electron chi connectivity index (χ2n) is 20.9. The number of carbonyl (C=O) groups excluding carboxylic acids is 7. The van der Waals surface area contributed by atoms with E-state index in [9.17, 15) is 62.5 Å². The predicted octanol–water partition coefficient (Wildman–Crippen LogP) is 2.01. The van der Waals surface area contributed by atoms with Crippen LogP contribution in [-0.4, -0.2) is 163 Å². The number of unbranched alkanes of at least 4 members (excludes halogenated alkanes) is 1. The zero-order valence-corrected chi connectivity index (χ0v) is 45.5. The van der Waals surface area contributed by atoms with Crippen molar-refractivity contribution in [3.8, 4) is 0 Å². The van der Waals surface area contributed by atoms with Gasteiger partial charge in [0.1, 0.15) is 30.0 Å². The number of carboxylic acids is 3. The fourth-order valence-electron chi connectivity index (χ4n) is 8.80. The zero-order valence-electron chi connectivity index (χ0n) is 44.7. The first-order chi connectivity index (χ1) is 34.8.